The van der Waals surface area contributed by atoms with Crippen LogP contribution in [0.4, 0.5) is 0 Å². The van der Waals surface area contributed by atoms with Gasteiger partial charge < -0.3 is 0 Å². The second-order valence-corrected chi connectivity index (χ2v) is 5.20. The Kier molecular flexibility index (Phi) is 19.2. The lowest BCUT2D eigenvalue weighted by molar-refractivity contribution is 0.729. The van der Waals surface area contributed by atoms with Gasteiger partial charge in [0.05, 0.1) is 0 Å². The van der Waals surface area contributed by atoms with Crippen molar-refractivity contribution in [3.8, 4) is 0 Å². The quantitative estimate of drug-likeness (QED) is 0.241. The van der Waals surface area contributed by atoms with Crippen LogP contribution in [0.2, 0.25) is 0 Å². The average Bonchev–Trinajstić information content (AvgIpc) is 2.63. The van der Waals surface area contributed by atoms with Crippen molar-refractivity contribution < 1.29 is 0 Å². The van der Waals surface area contributed by atoms with E-state index in [9.17, 15) is 0 Å². The maximum atomic E-state index is 5.22. The van der Waals surface area contributed by atoms with Crippen molar-refractivity contribution in [3.05, 3.63) is 122 Å². The number of hydrogen-bond acceptors (Lipinski definition) is 0. The lowest BCUT2D eigenvalue weighted by atomic mass is 10.2. The number of allylic oxidation sites excluding steroid dienone is 19. The van der Waals surface area contributed by atoms with Crippen molar-refractivity contribution in [2.75, 3.05) is 0 Å². The molecule has 0 amide bonds. The SMILES string of the molecule is [CH]=C/C=C/C=C/C=C/C=C/C=C/C=C/C=C/C=C/C=C/CCCCC. The molecule has 0 aliphatic rings. The molecule has 0 rings (SSSR count). The summed E-state index contributed by atoms with van der Waals surface area (Å²) in [5, 5.41) is 0. The highest BCUT2D eigenvalue weighted by atomic mass is 13.9. The van der Waals surface area contributed by atoms with Crippen molar-refractivity contribution in [1.82, 2.24) is 0 Å². The van der Waals surface area contributed by atoms with Gasteiger partial charge >= 0.3 is 0 Å². The molecule has 0 atom stereocenters. The molecular weight excluding hydrogens is 300 g/mol. The number of rotatable bonds is 13. The molecule has 0 aliphatic carbocycles. The second-order valence-electron chi connectivity index (χ2n) is 5.20. The Balaban J connectivity index is 3.81. The molecule has 0 N–H and O–H groups in total. The third kappa shape index (κ3) is 21.4. The molecule has 131 valence electrons. The van der Waals surface area contributed by atoms with Crippen molar-refractivity contribution in [1.29, 1.82) is 0 Å². The third-order valence-corrected chi connectivity index (χ3v) is 3.00. The van der Waals surface area contributed by atoms with Gasteiger partial charge in [0.1, 0.15) is 0 Å². The summed E-state index contributed by atoms with van der Waals surface area (Å²) in [6, 6.07) is 0. The Morgan fingerprint density at radius 2 is 0.840 bits per heavy atom. The molecule has 0 spiro atoms. The molecule has 0 heteroatoms. The molecule has 0 aromatic rings. The summed E-state index contributed by atoms with van der Waals surface area (Å²) in [6.45, 7) is 7.44. The van der Waals surface area contributed by atoms with E-state index in [4.69, 9.17) is 6.58 Å². The highest BCUT2D eigenvalue weighted by Crippen LogP contribution is 1.99. The maximum absolute atomic E-state index is 5.22. The predicted octanol–water partition coefficient (Wildman–Crippen LogP) is 7.56. The highest BCUT2D eigenvalue weighted by Gasteiger charge is 1.79. The van der Waals surface area contributed by atoms with Crippen LogP contribution in [0.3, 0.4) is 0 Å². The Bertz CT molecular complexity index is 555. The molecular formula is C25H31. The van der Waals surface area contributed by atoms with Gasteiger partial charge in [-0.3, -0.25) is 0 Å². The summed E-state index contributed by atoms with van der Waals surface area (Å²) < 4.78 is 0. The normalized spacial score (nSPS) is 14.0. The fourth-order valence-corrected chi connectivity index (χ4v) is 1.71. The molecule has 0 saturated carbocycles. The molecule has 0 aliphatic heterocycles. The van der Waals surface area contributed by atoms with Gasteiger partial charge in [-0.25, -0.2) is 0 Å². The van der Waals surface area contributed by atoms with Gasteiger partial charge in [-0.05, 0) is 12.8 Å². The van der Waals surface area contributed by atoms with E-state index < -0.39 is 0 Å². The molecule has 0 saturated heterocycles. The fourth-order valence-electron chi connectivity index (χ4n) is 1.71. The minimum absolute atomic E-state index is 1.18. The minimum Gasteiger partial charge on any atom is -0.0845 e. The van der Waals surface area contributed by atoms with Gasteiger partial charge in [0.2, 0.25) is 0 Å². The largest absolute Gasteiger partial charge is 0.0845 e. The van der Waals surface area contributed by atoms with E-state index in [0.717, 1.165) is 0 Å². The van der Waals surface area contributed by atoms with Gasteiger partial charge in [0.15, 0.2) is 0 Å². The first-order chi connectivity index (χ1) is 12.4. The van der Waals surface area contributed by atoms with Gasteiger partial charge in [-0.2, -0.15) is 0 Å². The molecule has 0 bridgehead atoms. The second kappa shape index (κ2) is 21.4. The van der Waals surface area contributed by atoms with Crippen LogP contribution in [-0.2, 0) is 0 Å². The molecule has 0 nitrogen and oxygen atoms in total. The van der Waals surface area contributed by atoms with Crippen LogP contribution in [0.25, 0.3) is 0 Å². The van der Waals surface area contributed by atoms with E-state index in [1.165, 1.54) is 31.8 Å². The fraction of sp³-hybridized carbons (Fsp3) is 0.200. The summed E-state index contributed by atoms with van der Waals surface area (Å²) in [5.74, 6) is 0. The first kappa shape index (κ1) is 22.4. The molecule has 0 aromatic heterocycles. The topological polar surface area (TPSA) is 0 Å². The van der Waals surface area contributed by atoms with Crippen LogP contribution < -0.4 is 0 Å². The van der Waals surface area contributed by atoms with E-state index in [-0.39, 0.29) is 0 Å². The van der Waals surface area contributed by atoms with Crippen LogP contribution in [0.5, 0.6) is 0 Å². The summed E-state index contributed by atoms with van der Waals surface area (Å²) in [5.41, 5.74) is 0. The third-order valence-electron chi connectivity index (χ3n) is 3.00. The Morgan fingerprint density at radius 3 is 1.20 bits per heavy atom. The van der Waals surface area contributed by atoms with E-state index in [1.54, 1.807) is 6.08 Å². The number of unbranched alkanes of at least 4 members (excludes halogenated alkanes) is 3. The highest BCUT2D eigenvalue weighted by molar-refractivity contribution is 5.22. The zero-order valence-electron chi connectivity index (χ0n) is 15.4. The van der Waals surface area contributed by atoms with Gasteiger partial charge in [0.25, 0.3) is 0 Å². The van der Waals surface area contributed by atoms with Crippen LogP contribution in [-0.4, -0.2) is 0 Å². The van der Waals surface area contributed by atoms with Crippen molar-refractivity contribution in [2.24, 2.45) is 0 Å². The summed E-state index contributed by atoms with van der Waals surface area (Å²) >= 11 is 0. The first-order valence-electron chi connectivity index (χ1n) is 8.95. The summed E-state index contributed by atoms with van der Waals surface area (Å²) in [4.78, 5) is 0. The zero-order chi connectivity index (χ0) is 18.3. The maximum Gasteiger partial charge on any atom is -0.0348 e. The Hall–Kier alpha value is -2.60. The summed E-state index contributed by atoms with van der Waals surface area (Å²) in [7, 11) is 0. The van der Waals surface area contributed by atoms with Crippen molar-refractivity contribution in [2.45, 2.75) is 32.6 Å². The molecule has 1 radical (unpaired) electrons. The van der Waals surface area contributed by atoms with Crippen molar-refractivity contribution >= 4 is 0 Å². The monoisotopic (exact) mass is 331 g/mol. The lowest BCUT2D eigenvalue weighted by Crippen LogP contribution is -1.69. The number of hydrogen-bond donors (Lipinski definition) is 0. The van der Waals surface area contributed by atoms with Crippen molar-refractivity contribution in [3.63, 3.8) is 0 Å². The zero-order valence-corrected chi connectivity index (χ0v) is 15.4. The predicted molar refractivity (Wildman–Crippen MR) is 115 cm³/mol. The van der Waals surface area contributed by atoms with Crippen LogP contribution in [0, 0.1) is 6.58 Å². The summed E-state index contributed by atoms with van der Waals surface area (Å²) in [6.07, 6.45) is 42.6. The van der Waals surface area contributed by atoms with E-state index in [0.29, 0.717) is 0 Å². The van der Waals surface area contributed by atoms with E-state index >= 15 is 0 Å². The van der Waals surface area contributed by atoms with Gasteiger partial charge in [-0.15, -0.1) is 0 Å². The Morgan fingerprint density at radius 1 is 0.480 bits per heavy atom. The van der Waals surface area contributed by atoms with Crippen LogP contribution in [0.15, 0.2) is 115 Å². The van der Waals surface area contributed by atoms with Gasteiger partial charge in [0, 0.05) is 0 Å². The van der Waals surface area contributed by atoms with E-state index in [2.05, 4.69) is 25.2 Å². The smallest absolute Gasteiger partial charge is 0.0348 e. The molecule has 25 heavy (non-hydrogen) atoms. The minimum atomic E-state index is 1.18. The molecule has 0 heterocycles. The van der Waals surface area contributed by atoms with Crippen LogP contribution in [0.1, 0.15) is 32.6 Å². The Labute approximate surface area is 155 Å². The molecule has 0 fully saturated rings. The molecule has 0 unspecified atom stereocenters. The first-order valence-corrected chi connectivity index (χ1v) is 8.95. The molecule has 0 aromatic carbocycles. The average molecular weight is 332 g/mol. The standard InChI is InChI=1S/C25H31/c1-3-5-7-9-11-13-15-17-19-21-23-25-24-22-20-18-16-14-12-10-8-6-4-2/h1,3,5,7,9,11-25H,4,6,8,10H2,2H3/b3-1?,7-5+,11-9+,14-12+,15-13+,18-16+,19-17+,22-20+,23-21+,25-24+. The van der Waals surface area contributed by atoms with E-state index in [1.807, 2.05) is 85.1 Å². The van der Waals surface area contributed by atoms with Crippen LogP contribution >= 0.6 is 0 Å². The van der Waals surface area contributed by atoms with Gasteiger partial charge in [-0.1, -0.05) is 142 Å². The lowest BCUT2D eigenvalue weighted by Gasteiger charge is -1.89.